The maximum atomic E-state index is 13.9. The van der Waals surface area contributed by atoms with Crippen LogP contribution in [-0.4, -0.2) is 12.6 Å². The second kappa shape index (κ2) is 6.04. The standard InChI is InChI=1S/C17H17ClFNO/c18-14-6-3-5-12(17(14)19)9-15(20)13-8-11-4-1-2-7-16(11)21-10-13/h1-7,13,15H,8-10,20H2. The molecule has 0 saturated carbocycles. The summed E-state index contributed by atoms with van der Waals surface area (Å²) in [5, 5.41) is 0.143. The number of hydrogen-bond donors (Lipinski definition) is 1. The van der Waals surface area contributed by atoms with Gasteiger partial charge in [-0.1, -0.05) is 41.9 Å². The Morgan fingerprint density at radius 2 is 2.05 bits per heavy atom. The fourth-order valence-corrected chi connectivity index (χ4v) is 2.95. The molecule has 0 spiro atoms. The predicted octanol–water partition coefficient (Wildman–Crippen LogP) is 3.60. The Labute approximate surface area is 128 Å². The summed E-state index contributed by atoms with van der Waals surface area (Å²) < 4.78 is 19.7. The first kappa shape index (κ1) is 14.4. The van der Waals surface area contributed by atoms with E-state index in [1.807, 2.05) is 24.3 Å². The Morgan fingerprint density at radius 1 is 1.24 bits per heavy atom. The molecule has 0 radical (unpaired) electrons. The van der Waals surface area contributed by atoms with Crippen molar-refractivity contribution in [1.29, 1.82) is 0 Å². The van der Waals surface area contributed by atoms with Crippen LogP contribution in [0.1, 0.15) is 11.1 Å². The van der Waals surface area contributed by atoms with Crippen LogP contribution in [0, 0.1) is 11.7 Å². The van der Waals surface area contributed by atoms with E-state index in [0.717, 1.165) is 17.7 Å². The molecule has 2 unspecified atom stereocenters. The van der Waals surface area contributed by atoms with Gasteiger partial charge >= 0.3 is 0 Å². The van der Waals surface area contributed by atoms with Crippen molar-refractivity contribution in [2.45, 2.75) is 18.9 Å². The average molecular weight is 306 g/mol. The van der Waals surface area contributed by atoms with Gasteiger partial charge in [0.15, 0.2) is 0 Å². The molecular weight excluding hydrogens is 289 g/mol. The van der Waals surface area contributed by atoms with Gasteiger partial charge in [0, 0.05) is 12.0 Å². The van der Waals surface area contributed by atoms with Gasteiger partial charge in [-0.05, 0) is 36.1 Å². The van der Waals surface area contributed by atoms with Gasteiger partial charge in [0.2, 0.25) is 0 Å². The third-order valence-corrected chi connectivity index (χ3v) is 4.29. The van der Waals surface area contributed by atoms with Crippen LogP contribution in [0.5, 0.6) is 5.75 Å². The number of benzene rings is 2. The van der Waals surface area contributed by atoms with Gasteiger partial charge in [-0.3, -0.25) is 0 Å². The van der Waals surface area contributed by atoms with Crippen molar-refractivity contribution in [2.24, 2.45) is 11.7 Å². The van der Waals surface area contributed by atoms with Crippen LogP contribution in [0.15, 0.2) is 42.5 Å². The van der Waals surface area contributed by atoms with Gasteiger partial charge in [0.25, 0.3) is 0 Å². The molecule has 0 bridgehead atoms. The number of nitrogens with two attached hydrogens (primary N) is 1. The molecule has 2 aromatic rings. The van der Waals surface area contributed by atoms with E-state index in [-0.39, 0.29) is 22.8 Å². The molecule has 0 amide bonds. The fraction of sp³-hybridized carbons (Fsp3) is 0.294. The molecule has 21 heavy (non-hydrogen) atoms. The van der Waals surface area contributed by atoms with Crippen molar-refractivity contribution in [3.05, 3.63) is 64.4 Å². The molecule has 4 heteroatoms. The molecule has 1 aliphatic heterocycles. The highest BCUT2D eigenvalue weighted by Crippen LogP contribution is 2.29. The molecule has 2 aromatic carbocycles. The van der Waals surface area contributed by atoms with Crippen molar-refractivity contribution >= 4 is 11.6 Å². The van der Waals surface area contributed by atoms with E-state index in [9.17, 15) is 4.39 Å². The first-order valence-corrected chi connectivity index (χ1v) is 7.42. The number of ether oxygens (including phenoxy) is 1. The van der Waals surface area contributed by atoms with Crippen molar-refractivity contribution in [1.82, 2.24) is 0 Å². The summed E-state index contributed by atoms with van der Waals surface area (Å²) in [4.78, 5) is 0. The molecule has 2 nitrogen and oxygen atoms in total. The molecule has 110 valence electrons. The smallest absolute Gasteiger partial charge is 0.145 e. The Hall–Kier alpha value is -1.58. The highest BCUT2D eigenvalue weighted by molar-refractivity contribution is 6.30. The van der Waals surface area contributed by atoms with Crippen LogP contribution in [0.4, 0.5) is 4.39 Å². The average Bonchev–Trinajstić information content (AvgIpc) is 2.51. The minimum absolute atomic E-state index is 0.143. The first-order chi connectivity index (χ1) is 10.1. The normalized spacial score (nSPS) is 18.7. The van der Waals surface area contributed by atoms with Crippen LogP contribution in [0.2, 0.25) is 5.02 Å². The fourth-order valence-electron chi connectivity index (χ4n) is 2.75. The molecule has 0 aromatic heterocycles. The maximum Gasteiger partial charge on any atom is 0.145 e. The highest BCUT2D eigenvalue weighted by atomic mass is 35.5. The summed E-state index contributed by atoms with van der Waals surface area (Å²) in [6.45, 7) is 0.570. The third kappa shape index (κ3) is 3.04. The van der Waals surface area contributed by atoms with Crippen molar-refractivity contribution < 1.29 is 9.13 Å². The maximum absolute atomic E-state index is 13.9. The molecule has 0 saturated heterocycles. The van der Waals surface area contributed by atoms with Crippen LogP contribution >= 0.6 is 11.6 Å². The summed E-state index contributed by atoms with van der Waals surface area (Å²) >= 11 is 5.81. The van der Waals surface area contributed by atoms with E-state index >= 15 is 0 Å². The first-order valence-electron chi connectivity index (χ1n) is 7.04. The van der Waals surface area contributed by atoms with E-state index < -0.39 is 0 Å². The lowest BCUT2D eigenvalue weighted by Gasteiger charge is -2.29. The van der Waals surface area contributed by atoms with Crippen molar-refractivity contribution in [3.63, 3.8) is 0 Å². The Balaban J connectivity index is 1.72. The Bertz CT molecular complexity index is 646. The summed E-state index contributed by atoms with van der Waals surface area (Å²) in [6, 6.07) is 12.8. The van der Waals surface area contributed by atoms with Crippen LogP contribution in [0.3, 0.4) is 0 Å². The van der Waals surface area contributed by atoms with Gasteiger partial charge in [-0.2, -0.15) is 0 Å². The van der Waals surface area contributed by atoms with Crippen LogP contribution in [0.25, 0.3) is 0 Å². The number of fused-ring (bicyclic) bond motifs is 1. The Morgan fingerprint density at radius 3 is 2.90 bits per heavy atom. The number of para-hydroxylation sites is 1. The molecule has 0 fully saturated rings. The summed E-state index contributed by atoms with van der Waals surface area (Å²) in [5.74, 6) is 0.736. The topological polar surface area (TPSA) is 35.2 Å². The summed E-state index contributed by atoms with van der Waals surface area (Å²) in [5.41, 5.74) is 7.99. The zero-order valence-corrected chi connectivity index (χ0v) is 12.3. The summed E-state index contributed by atoms with van der Waals surface area (Å²) in [6.07, 6.45) is 1.32. The molecule has 0 aliphatic carbocycles. The molecule has 1 heterocycles. The molecule has 1 aliphatic rings. The van der Waals surface area contributed by atoms with E-state index in [1.54, 1.807) is 18.2 Å². The second-order valence-corrected chi connectivity index (χ2v) is 5.87. The lowest BCUT2D eigenvalue weighted by atomic mass is 9.87. The number of halogens is 2. The summed E-state index contributed by atoms with van der Waals surface area (Å²) in [7, 11) is 0. The van der Waals surface area contributed by atoms with Gasteiger partial charge in [0.05, 0.1) is 11.6 Å². The zero-order valence-electron chi connectivity index (χ0n) is 11.6. The second-order valence-electron chi connectivity index (χ2n) is 5.46. The monoisotopic (exact) mass is 305 g/mol. The number of rotatable bonds is 3. The minimum Gasteiger partial charge on any atom is -0.493 e. The van der Waals surface area contributed by atoms with E-state index in [4.69, 9.17) is 22.1 Å². The lowest BCUT2D eigenvalue weighted by molar-refractivity contribution is 0.198. The quantitative estimate of drug-likeness (QED) is 0.940. The number of hydrogen-bond acceptors (Lipinski definition) is 2. The van der Waals surface area contributed by atoms with Crippen molar-refractivity contribution in [3.8, 4) is 5.75 Å². The van der Waals surface area contributed by atoms with Gasteiger partial charge in [-0.15, -0.1) is 0 Å². The van der Waals surface area contributed by atoms with E-state index in [2.05, 4.69) is 0 Å². The largest absolute Gasteiger partial charge is 0.493 e. The van der Waals surface area contributed by atoms with E-state index in [1.165, 1.54) is 0 Å². The highest BCUT2D eigenvalue weighted by Gasteiger charge is 2.26. The molecule has 2 N–H and O–H groups in total. The van der Waals surface area contributed by atoms with Crippen molar-refractivity contribution in [2.75, 3.05) is 6.61 Å². The van der Waals surface area contributed by atoms with Crippen LogP contribution in [-0.2, 0) is 12.8 Å². The minimum atomic E-state index is -0.369. The van der Waals surface area contributed by atoms with Gasteiger partial charge < -0.3 is 10.5 Å². The van der Waals surface area contributed by atoms with Crippen LogP contribution < -0.4 is 10.5 Å². The zero-order chi connectivity index (χ0) is 14.8. The molecule has 3 rings (SSSR count). The molecular formula is C17H17ClFNO. The SMILES string of the molecule is NC(Cc1cccc(Cl)c1F)C1COc2ccccc2C1. The third-order valence-electron chi connectivity index (χ3n) is 4.00. The van der Waals surface area contributed by atoms with E-state index in [0.29, 0.717) is 18.6 Å². The predicted molar refractivity (Wildman–Crippen MR) is 82.2 cm³/mol. The van der Waals surface area contributed by atoms with Gasteiger partial charge in [0.1, 0.15) is 11.6 Å². The van der Waals surface area contributed by atoms with Gasteiger partial charge in [-0.25, -0.2) is 4.39 Å². The lowest BCUT2D eigenvalue weighted by Crippen LogP contribution is -2.39. The Kier molecular flexibility index (Phi) is 4.13. The molecule has 2 atom stereocenters.